The summed E-state index contributed by atoms with van der Waals surface area (Å²) in [4.78, 5) is 44.6. The van der Waals surface area contributed by atoms with Crippen LogP contribution in [0.4, 0.5) is 11.4 Å². The van der Waals surface area contributed by atoms with E-state index in [-0.39, 0.29) is 36.4 Å². The van der Waals surface area contributed by atoms with Crippen molar-refractivity contribution in [2.24, 2.45) is 0 Å². The van der Waals surface area contributed by atoms with Crippen molar-refractivity contribution in [1.29, 1.82) is 0 Å². The second kappa shape index (κ2) is 19.8. The van der Waals surface area contributed by atoms with E-state index in [9.17, 15) is 34.9 Å². The lowest BCUT2D eigenvalue weighted by Gasteiger charge is -2.15. The van der Waals surface area contributed by atoms with Gasteiger partial charge in [0.25, 0.3) is 11.4 Å². The van der Waals surface area contributed by atoms with Crippen molar-refractivity contribution in [3.05, 3.63) is 140 Å². The minimum Gasteiger partial charge on any atom is -0.489 e. The predicted octanol–water partition coefficient (Wildman–Crippen LogP) is 5.54. The molecule has 0 heterocycles. The van der Waals surface area contributed by atoms with Gasteiger partial charge in [0.15, 0.2) is 12.2 Å². The Bertz CT molecular complexity index is 1720. The molecule has 14 nitrogen and oxygen atoms in total. The highest BCUT2D eigenvalue weighted by atomic mass is 16.6. The van der Waals surface area contributed by atoms with Crippen LogP contribution in [-0.2, 0) is 49.9 Å². The molecule has 0 fully saturated rings. The summed E-state index contributed by atoms with van der Waals surface area (Å²) in [6.07, 6.45) is -2.50. The normalized spacial score (nSPS) is 11.6. The molecule has 4 aromatic rings. The average Bonchev–Trinajstić information content (AvgIpc) is 3.13. The van der Waals surface area contributed by atoms with Gasteiger partial charge in [0, 0.05) is 30.6 Å². The summed E-state index contributed by atoms with van der Waals surface area (Å²) in [5, 5.41) is 32.3. The van der Waals surface area contributed by atoms with Gasteiger partial charge in [-0.1, -0.05) is 60.7 Å². The van der Waals surface area contributed by atoms with Crippen molar-refractivity contribution in [3.63, 3.8) is 0 Å². The van der Waals surface area contributed by atoms with Crippen LogP contribution in [0.25, 0.3) is 0 Å². The number of aliphatic hydroxyl groups excluding tert-OH is 1. The smallest absolute Gasteiger partial charge is 0.335 e. The van der Waals surface area contributed by atoms with Crippen LogP contribution in [-0.4, -0.2) is 59.9 Å². The first-order valence-electron chi connectivity index (χ1n) is 15.4. The molecule has 1 N–H and O–H groups in total. The fourth-order valence-corrected chi connectivity index (χ4v) is 4.60. The van der Waals surface area contributed by atoms with E-state index in [1.54, 1.807) is 25.1 Å². The van der Waals surface area contributed by atoms with Crippen LogP contribution in [0.1, 0.15) is 29.2 Å². The minimum atomic E-state index is -1.45. The molecule has 50 heavy (non-hydrogen) atoms. The number of methoxy groups -OCH3 is 2. The Morgan fingerprint density at radius 2 is 1.12 bits per heavy atom. The number of esters is 2. The lowest BCUT2D eigenvalue weighted by atomic mass is 10.1. The molecule has 0 aliphatic heterocycles. The Morgan fingerprint density at radius 1 is 0.680 bits per heavy atom. The molecule has 0 radical (unpaired) electrons. The average molecular weight is 691 g/mol. The van der Waals surface area contributed by atoms with E-state index < -0.39 is 34.0 Å². The van der Waals surface area contributed by atoms with Crippen LogP contribution >= 0.6 is 0 Å². The number of nitrogens with zero attached hydrogens (tertiary/aromatic N) is 2. The second-order valence-corrected chi connectivity index (χ2v) is 10.6. The van der Waals surface area contributed by atoms with Crippen molar-refractivity contribution in [2.45, 2.75) is 45.2 Å². The van der Waals surface area contributed by atoms with Gasteiger partial charge >= 0.3 is 11.9 Å². The largest absolute Gasteiger partial charge is 0.489 e. The van der Waals surface area contributed by atoms with E-state index in [4.69, 9.17) is 18.9 Å². The first-order chi connectivity index (χ1) is 24.1. The van der Waals surface area contributed by atoms with E-state index in [0.29, 0.717) is 30.3 Å². The van der Waals surface area contributed by atoms with Gasteiger partial charge in [-0.2, -0.15) is 0 Å². The van der Waals surface area contributed by atoms with Gasteiger partial charge in [0.05, 0.1) is 36.2 Å². The van der Waals surface area contributed by atoms with Crippen molar-refractivity contribution in [3.8, 4) is 11.5 Å². The molecular weight excluding hydrogens is 652 g/mol. The molecule has 0 saturated carbocycles. The van der Waals surface area contributed by atoms with Crippen LogP contribution in [0, 0.1) is 20.2 Å². The molecule has 0 bridgehead atoms. The standard InChI is InChI=1S/C19H21NO6.C17H17NO6/c1-3-25-18(19(21)24-2)11-15-9-10-16(12-17(15)20(22)23)26-13-14-7-5-4-6-8-14;1-23-17(20)16(19)9-13-7-8-14(10-15(13)18(21)22)24-11-12-5-3-2-4-6-12/h4-10,12,18H,3,11,13H2,1-2H3;2-8,10,16,19H,9,11H2,1H3. The minimum absolute atomic E-state index is 0.0514. The number of aliphatic hydroxyl groups is 1. The van der Waals surface area contributed by atoms with Gasteiger partial charge in [-0.15, -0.1) is 0 Å². The third kappa shape index (κ3) is 12.0. The van der Waals surface area contributed by atoms with Crippen molar-refractivity contribution < 1.29 is 48.2 Å². The topological polar surface area (TPSA) is 187 Å². The fraction of sp³-hybridized carbons (Fsp3) is 0.278. The molecule has 264 valence electrons. The molecule has 0 amide bonds. The lowest BCUT2D eigenvalue weighted by molar-refractivity contribution is -0.385. The number of nitro groups is 2. The van der Waals surface area contributed by atoms with Gasteiger partial charge in [-0.3, -0.25) is 20.2 Å². The Balaban J connectivity index is 0.000000271. The molecule has 2 atom stereocenters. The molecule has 2 unspecified atom stereocenters. The molecule has 0 aliphatic rings. The van der Waals surface area contributed by atoms with Crippen LogP contribution in [0.3, 0.4) is 0 Å². The van der Waals surface area contributed by atoms with Gasteiger partial charge in [-0.05, 0) is 42.3 Å². The Morgan fingerprint density at radius 3 is 1.52 bits per heavy atom. The van der Waals surface area contributed by atoms with Gasteiger partial charge < -0.3 is 28.8 Å². The molecule has 14 heteroatoms. The number of carbonyl (C=O) groups is 2. The zero-order chi connectivity index (χ0) is 36.5. The monoisotopic (exact) mass is 690 g/mol. The van der Waals surface area contributed by atoms with E-state index in [1.807, 2.05) is 60.7 Å². The van der Waals surface area contributed by atoms with E-state index in [1.165, 1.54) is 25.3 Å². The van der Waals surface area contributed by atoms with Crippen molar-refractivity contribution in [2.75, 3.05) is 20.8 Å². The number of hydrogen-bond acceptors (Lipinski definition) is 12. The number of benzene rings is 4. The van der Waals surface area contributed by atoms with Crippen molar-refractivity contribution >= 4 is 23.3 Å². The predicted molar refractivity (Wildman–Crippen MR) is 181 cm³/mol. The first-order valence-corrected chi connectivity index (χ1v) is 15.4. The summed E-state index contributed by atoms with van der Waals surface area (Å²) in [7, 11) is 2.39. The third-order valence-corrected chi connectivity index (χ3v) is 7.13. The number of hydrogen-bond donors (Lipinski definition) is 1. The lowest BCUT2D eigenvalue weighted by Crippen LogP contribution is -2.28. The van der Waals surface area contributed by atoms with Crippen LogP contribution in [0.2, 0.25) is 0 Å². The van der Waals surface area contributed by atoms with Crippen LogP contribution < -0.4 is 9.47 Å². The molecular formula is C36H38N2O12. The summed E-state index contributed by atoms with van der Waals surface area (Å²) in [6, 6.07) is 27.8. The second-order valence-electron chi connectivity index (χ2n) is 10.6. The van der Waals surface area contributed by atoms with Crippen molar-refractivity contribution in [1.82, 2.24) is 0 Å². The maximum absolute atomic E-state index is 11.8. The Labute approximate surface area is 288 Å². The Kier molecular flexibility index (Phi) is 15.3. The number of carbonyl (C=O) groups excluding carboxylic acids is 2. The molecule has 4 rings (SSSR count). The zero-order valence-corrected chi connectivity index (χ0v) is 27.8. The summed E-state index contributed by atoms with van der Waals surface area (Å²) in [5.74, 6) is -0.684. The number of rotatable bonds is 16. The maximum Gasteiger partial charge on any atom is 0.335 e. The van der Waals surface area contributed by atoms with Crippen LogP contribution in [0.15, 0.2) is 97.1 Å². The molecule has 0 saturated heterocycles. The summed E-state index contributed by atoms with van der Waals surface area (Å²) in [5.41, 5.74) is 2.16. The fourth-order valence-electron chi connectivity index (χ4n) is 4.60. The quantitative estimate of drug-likeness (QED) is 0.0879. The summed E-state index contributed by atoms with van der Waals surface area (Å²) in [6.45, 7) is 2.62. The maximum atomic E-state index is 11.8. The molecule has 0 spiro atoms. The van der Waals surface area contributed by atoms with Gasteiger partial charge in [0.2, 0.25) is 0 Å². The van der Waals surface area contributed by atoms with E-state index >= 15 is 0 Å². The zero-order valence-electron chi connectivity index (χ0n) is 27.8. The van der Waals surface area contributed by atoms with Gasteiger partial charge in [-0.25, -0.2) is 9.59 Å². The molecule has 0 aromatic heterocycles. The summed E-state index contributed by atoms with van der Waals surface area (Å²) < 4.78 is 25.6. The third-order valence-electron chi connectivity index (χ3n) is 7.13. The summed E-state index contributed by atoms with van der Waals surface area (Å²) >= 11 is 0. The highest BCUT2D eigenvalue weighted by molar-refractivity contribution is 5.75. The van der Waals surface area contributed by atoms with E-state index in [2.05, 4.69) is 4.74 Å². The van der Waals surface area contributed by atoms with E-state index in [0.717, 1.165) is 18.2 Å². The highest BCUT2D eigenvalue weighted by Crippen LogP contribution is 2.28. The Hall–Kier alpha value is -5.86. The first kappa shape index (κ1) is 38.6. The SMILES string of the molecule is CCOC(Cc1ccc(OCc2ccccc2)cc1[N+](=O)[O-])C(=O)OC.COC(=O)C(O)Cc1ccc(OCc2ccccc2)cc1[N+](=O)[O-]. The number of ether oxygens (including phenoxy) is 5. The molecule has 0 aliphatic carbocycles. The molecule has 4 aromatic carbocycles. The van der Waals surface area contributed by atoms with Crippen LogP contribution in [0.5, 0.6) is 11.5 Å². The van der Waals surface area contributed by atoms with Gasteiger partial charge in [0.1, 0.15) is 24.7 Å². The number of nitro benzene ring substituents is 2. The highest BCUT2D eigenvalue weighted by Gasteiger charge is 2.25.